The van der Waals surface area contributed by atoms with Crippen LogP contribution in [0.1, 0.15) is 39.0 Å². The minimum absolute atomic E-state index is 0.205. The van der Waals surface area contributed by atoms with Crippen molar-refractivity contribution in [3.8, 4) is 0 Å². The van der Waals surface area contributed by atoms with Crippen molar-refractivity contribution in [2.45, 2.75) is 39.0 Å². The summed E-state index contributed by atoms with van der Waals surface area (Å²) in [4.78, 5) is 0. The number of hydrogen-bond donors (Lipinski definition) is 2. The normalized spacial score (nSPS) is 38.3. The zero-order valence-corrected chi connectivity index (χ0v) is 8.87. The molecule has 0 aliphatic heterocycles. The van der Waals surface area contributed by atoms with Crippen molar-refractivity contribution in [1.82, 2.24) is 0 Å². The SMILES string of the molecule is CC1CCC2CCCC(O)=C2C1CO. The molecule has 0 saturated heterocycles. The summed E-state index contributed by atoms with van der Waals surface area (Å²) in [6.07, 6.45) is 5.56. The van der Waals surface area contributed by atoms with Crippen LogP contribution in [0.25, 0.3) is 0 Å². The van der Waals surface area contributed by atoms with Gasteiger partial charge < -0.3 is 10.2 Å². The second-order valence-electron chi connectivity index (χ2n) is 4.83. The Morgan fingerprint density at radius 2 is 2.07 bits per heavy atom. The molecule has 0 aromatic rings. The van der Waals surface area contributed by atoms with Crippen molar-refractivity contribution < 1.29 is 10.2 Å². The van der Waals surface area contributed by atoms with Crippen LogP contribution in [0.4, 0.5) is 0 Å². The van der Waals surface area contributed by atoms with E-state index in [1.807, 2.05) is 0 Å². The van der Waals surface area contributed by atoms with Gasteiger partial charge in [0.1, 0.15) is 0 Å². The van der Waals surface area contributed by atoms with E-state index in [2.05, 4.69) is 6.92 Å². The molecular formula is C12H20O2. The third-order valence-corrected chi connectivity index (χ3v) is 3.99. The van der Waals surface area contributed by atoms with Crippen LogP contribution in [0.2, 0.25) is 0 Å². The molecule has 2 rings (SSSR count). The summed E-state index contributed by atoms with van der Waals surface area (Å²) >= 11 is 0. The van der Waals surface area contributed by atoms with Gasteiger partial charge in [0.15, 0.2) is 0 Å². The second kappa shape index (κ2) is 3.93. The van der Waals surface area contributed by atoms with Gasteiger partial charge in [0.2, 0.25) is 0 Å². The first-order valence-corrected chi connectivity index (χ1v) is 5.76. The Balaban J connectivity index is 2.28. The third-order valence-electron chi connectivity index (χ3n) is 3.99. The Hall–Kier alpha value is -0.500. The van der Waals surface area contributed by atoms with Crippen LogP contribution >= 0.6 is 0 Å². The molecule has 0 aromatic carbocycles. The zero-order chi connectivity index (χ0) is 10.1. The van der Waals surface area contributed by atoms with Gasteiger partial charge in [0, 0.05) is 12.3 Å². The van der Waals surface area contributed by atoms with E-state index in [-0.39, 0.29) is 12.5 Å². The minimum Gasteiger partial charge on any atom is -0.512 e. The van der Waals surface area contributed by atoms with Crippen molar-refractivity contribution in [2.75, 3.05) is 6.61 Å². The van der Waals surface area contributed by atoms with E-state index in [1.54, 1.807) is 0 Å². The molecule has 2 heteroatoms. The van der Waals surface area contributed by atoms with Crippen LogP contribution in [-0.2, 0) is 0 Å². The average molecular weight is 196 g/mol. The summed E-state index contributed by atoms with van der Waals surface area (Å²) < 4.78 is 0. The number of hydrogen-bond acceptors (Lipinski definition) is 2. The Kier molecular flexibility index (Phi) is 2.82. The highest BCUT2D eigenvalue weighted by molar-refractivity contribution is 5.21. The van der Waals surface area contributed by atoms with E-state index in [9.17, 15) is 10.2 Å². The molecule has 3 atom stereocenters. The van der Waals surface area contributed by atoms with Gasteiger partial charge in [-0.05, 0) is 43.1 Å². The van der Waals surface area contributed by atoms with Crippen LogP contribution in [0, 0.1) is 17.8 Å². The smallest absolute Gasteiger partial charge is 0.0921 e. The van der Waals surface area contributed by atoms with E-state index in [1.165, 1.54) is 24.8 Å². The molecule has 0 heterocycles. The van der Waals surface area contributed by atoms with Crippen LogP contribution in [0.3, 0.4) is 0 Å². The summed E-state index contributed by atoms with van der Waals surface area (Å²) in [5.74, 6) is 1.92. The van der Waals surface area contributed by atoms with Gasteiger partial charge >= 0.3 is 0 Å². The predicted octanol–water partition coefficient (Wildman–Crippen LogP) is 2.64. The molecular weight excluding hydrogens is 176 g/mol. The monoisotopic (exact) mass is 196 g/mol. The standard InChI is InChI=1S/C12H20O2/c1-8-5-6-9-3-2-4-11(14)12(9)10(8)7-13/h8-10,13-14H,2-7H2,1H3. The molecule has 2 nitrogen and oxygen atoms in total. The van der Waals surface area contributed by atoms with Gasteiger partial charge in [-0.1, -0.05) is 6.92 Å². The third kappa shape index (κ3) is 1.56. The summed E-state index contributed by atoms with van der Waals surface area (Å²) in [6.45, 7) is 2.39. The molecule has 2 aliphatic carbocycles. The van der Waals surface area contributed by atoms with Crippen molar-refractivity contribution in [3.05, 3.63) is 11.3 Å². The fraction of sp³-hybridized carbons (Fsp3) is 0.833. The molecule has 2 aliphatic rings. The van der Waals surface area contributed by atoms with Crippen LogP contribution in [0.15, 0.2) is 11.3 Å². The molecule has 3 unspecified atom stereocenters. The predicted molar refractivity (Wildman–Crippen MR) is 56.0 cm³/mol. The van der Waals surface area contributed by atoms with E-state index in [0.717, 1.165) is 12.8 Å². The number of fused-ring (bicyclic) bond motifs is 1. The summed E-state index contributed by atoms with van der Waals surface area (Å²) in [5.41, 5.74) is 1.19. The highest BCUT2D eigenvalue weighted by atomic mass is 16.3. The fourth-order valence-electron chi connectivity index (χ4n) is 3.12. The maximum Gasteiger partial charge on any atom is 0.0921 e. The highest BCUT2D eigenvalue weighted by Crippen LogP contribution is 2.44. The number of aliphatic hydroxyl groups is 2. The molecule has 0 amide bonds. The maximum absolute atomic E-state index is 9.89. The van der Waals surface area contributed by atoms with Crippen LogP contribution < -0.4 is 0 Å². The maximum atomic E-state index is 9.89. The first-order valence-electron chi connectivity index (χ1n) is 5.76. The van der Waals surface area contributed by atoms with Gasteiger partial charge in [0.05, 0.1) is 12.4 Å². The number of allylic oxidation sites excluding steroid dienone is 1. The molecule has 1 fully saturated rings. The van der Waals surface area contributed by atoms with Crippen molar-refractivity contribution in [2.24, 2.45) is 17.8 Å². The summed E-state index contributed by atoms with van der Waals surface area (Å²) in [5, 5.41) is 19.3. The second-order valence-corrected chi connectivity index (χ2v) is 4.83. The lowest BCUT2D eigenvalue weighted by Crippen LogP contribution is -2.31. The van der Waals surface area contributed by atoms with Crippen molar-refractivity contribution in [1.29, 1.82) is 0 Å². The van der Waals surface area contributed by atoms with E-state index < -0.39 is 0 Å². The lowest BCUT2D eigenvalue weighted by atomic mass is 9.67. The highest BCUT2D eigenvalue weighted by Gasteiger charge is 2.35. The van der Waals surface area contributed by atoms with E-state index in [0.29, 0.717) is 17.6 Å². The first-order chi connectivity index (χ1) is 6.74. The van der Waals surface area contributed by atoms with Gasteiger partial charge in [0.25, 0.3) is 0 Å². The molecule has 0 radical (unpaired) electrons. The number of rotatable bonds is 1. The molecule has 2 N–H and O–H groups in total. The fourth-order valence-corrected chi connectivity index (χ4v) is 3.12. The zero-order valence-electron chi connectivity index (χ0n) is 8.87. The topological polar surface area (TPSA) is 40.5 Å². The van der Waals surface area contributed by atoms with E-state index >= 15 is 0 Å². The Morgan fingerprint density at radius 3 is 2.79 bits per heavy atom. The van der Waals surface area contributed by atoms with Crippen LogP contribution in [-0.4, -0.2) is 16.8 Å². The Morgan fingerprint density at radius 1 is 1.29 bits per heavy atom. The lowest BCUT2D eigenvalue weighted by molar-refractivity contribution is 0.146. The molecule has 0 aromatic heterocycles. The van der Waals surface area contributed by atoms with Crippen molar-refractivity contribution >= 4 is 0 Å². The minimum atomic E-state index is 0.205. The molecule has 0 bridgehead atoms. The molecule has 0 spiro atoms. The van der Waals surface area contributed by atoms with Crippen molar-refractivity contribution in [3.63, 3.8) is 0 Å². The van der Waals surface area contributed by atoms with E-state index in [4.69, 9.17) is 0 Å². The van der Waals surface area contributed by atoms with Gasteiger partial charge in [-0.2, -0.15) is 0 Å². The molecule has 14 heavy (non-hydrogen) atoms. The quantitative estimate of drug-likeness (QED) is 0.677. The van der Waals surface area contributed by atoms with Crippen LogP contribution in [0.5, 0.6) is 0 Å². The summed E-state index contributed by atoms with van der Waals surface area (Å²) in [7, 11) is 0. The molecule has 80 valence electrons. The van der Waals surface area contributed by atoms with Gasteiger partial charge in [-0.25, -0.2) is 0 Å². The van der Waals surface area contributed by atoms with Gasteiger partial charge in [-0.15, -0.1) is 0 Å². The first kappa shape index (κ1) is 10.0. The molecule has 1 saturated carbocycles. The largest absolute Gasteiger partial charge is 0.512 e. The average Bonchev–Trinajstić information content (AvgIpc) is 2.19. The number of aliphatic hydroxyl groups excluding tert-OH is 2. The summed E-state index contributed by atoms with van der Waals surface area (Å²) in [6, 6.07) is 0. The Labute approximate surface area is 85.6 Å². The Bertz CT molecular complexity index is 245. The lowest BCUT2D eigenvalue weighted by Gasteiger charge is -2.39. The van der Waals surface area contributed by atoms with Gasteiger partial charge in [-0.3, -0.25) is 0 Å².